The molecule has 0 amide bonds. The van der Waals surface area contributed by atoms with Crippen molar-refractivity contribution in [1.29, 1.82) is 0 Å². The van der Waals surface area contributed by atoms with Gasteiger partial charge in [-0.05, 0) is 31.5 Å². The predicted octanol–water partition coefficient (Wildman–Crippen LogP) is 3.66. The van der Waals surface area contributed by atoms with Crippen LogP contribution in [0.3, 0.4) is 0 Å². The summed E-state index contributed by atoms with van der Waals surface area (Å²) in [5.41, 5.74) is 1.42. The Labute approximate surface area is 108 Å². The summed E-state index contributed by atoms with van der Waals surface area (Å²) in [5, 5.41) is 2.98. The molecule has 0 bridgehead atoms. The first-order valence-corrected chi connectivity index (χ1v) is 5.78. The van der Waals surface area contributed by atoms with Crippen LogP contribution in [0.4, 0.5) is 18.9 Å². The number of aromatic nitrogens is 2. The number of nitrogens with one attached hydrogen (secondary N) is 2. The lowest BCUT2D eigenvalue weighted by molar-refractivity contribution is -0.137. The Hall–Kier alpha value is -1.98. The number of nitrogens with zero attached hydrogens (tertiary/aromatic N) is 1. The van der Waals surface area contributed by atoms with Gasteiger partial charge in [0, 0.05) is 5.69 Å². The van der Waals surface area contributed by atoms with E-state index in [9.17, 15) is 13.2 Å². The number of hydrogen-bond donors (Lipinski definition) is 2. The van der Waals surface area contributed by atoms with Crippen molar-refractivity contribution >= 4 is 5.69 Å². The number of hydrogen-bond acceptors (Lipinski definition) is 2. The molecule has 0 fully saturated rings. The van der Waals surface area contributed by atoms with E-state index in [0.717, 1.165) is 29.2 Å². The van der Waals surface area contributed by atoms with E-state index in [1.165, 1.54) is 6.07 Å². The quantitative estimate of drug-likeness (QED) is 0.892. The predicted molar refractivity (Wildman–Crippen MR) is 66.8 cm³/mol. The van der Waals surface area contributed by atoms with E-state index >= 15 is 0 Å². The van der Waals surface area contributed by atoms with E-state index in [1.54, 1.807) is 13.1 Å². The molecule has 0 radical (unpaired) electrons. The Morgan fingerprint density at radius 3 is 2.58 bits per heavy atom. The summed E-state index contributed by atoms with van der Waals surface area (Å²) in [4.78, 5) is 7.05. The maximum atomic E-state index is 12.6. The van der Waals surface area contributed by atoms with Crippen LogP contribution in [0.25, 0.3) is 0 Å². The number of imidazole rings is 1. The Balaban J connectivity index is 2.15. The van der Waals surface area contributed by atoms with Crippen molar-refractivity contribution in [3.05, 3.63) is 47.0 Å². The first-order chi connectivity index (χ1) is 8.86. The van der Waals surface area contributed by atoms with Gasteiger partial charge < -0.3 is 10.3 Å². The van der Waals surface area contributed by atoms with E-state index < -0.39 is 11.7 Å². The molecule has 1 aromatic carbocycles. The third kappa shape index (κ3) is 3.27. The molecule has 1 heterocycles. The SMILES string of the molecule is Cc1ncc(CNc2cc(C(F)(F)F)ccc2C)[nH]1. The second-order valence-electron chi connectivity index (χ2n) is 4.37. The van der Waals surface area contributed by atoms with Gasteiger partial charge in [-0.15, -0.1) is 0 Å². The standard InChI is InChI=1S/C13H14F3N3/c1-8-3-4-10(13(14,15)16)5-12(8)18-7-11-6-17-9(2)19-11/h3-6,18H,7H2,1-2H3,(H,17,19). The minimum absolute atomic E-state index is 0.406. The second-order valence-corrected chi connectivity index (χ2v) is 4.37. The van der Waals surface area contributed by atoms with E-state index in [1.807, 2.05) is 6.92 Å². The Morgan fingerprint density at radius 2 is 2.00 bits per heavy atom. The second kappa shape index (κ2) is 4.95. The highest BCUT2D eigenvalue weighted by Crippen LogP contribution is 2.32. The topological polar surface area (TPSA) is 40.7 Å². The summed E-state index contributed by atoms with van der Waals surface area (Å²) in [6.07, 6.45) is -2.67. The van der Waals surface area contributed by atoms with Gasteiger partial charge in [-0.25, -0.2) is 4.98 Å². The summed E-state index contributed by atoms with van der Waals surface area (Å²) >= 11 is 0. The summed E-state index contributed by atoms with van der Waals surface area (Å²) in [6.45, 7) is 3.99. The van der Waals surface area contributed by atoms with E-state index in [0.29, 0.717) is 12.2 Å². The van der Waals surface area contributed by atoms with Crippen LogP contribution >= 0.6 is 0 Å². The van der Waals surface area contributed by atoms with Gasteiger partial charge in [0.25, 0.3) is 0 Å². The molecule has 0 saturated heterocycles. The molecule has 0 aliphatic rings. The normalized spacial score (nSPS) is 11.6. The highest BCUT2D eigenvalue weighted by atomic mass is 19.4. The maximum absolute atomic E-state index is 12.6. The van der Waals surface area contributed by atoms with Crippen LogP contribution < -0.4 is 5.32 Å². The fourth-order valence-corrected chi connectivity index (χ4v) is 1.74. The first kappa shape index (κ1) is 13.5. The van der Waals surface area contributed by atoms with Crippen LogP contribution in [0.2, 0.25) is 0 Å². The Bertz CT molecular complexity index is 573. The van der Waals surface area contributed by atoms with Gasteiger partial charge in [0.05, 0.1) is 24.0 Å². The highest BCUT2D eigenvalue weighted by molar-refractivity contribution is 5.53. The van der Waals surface area contributed by atoms with Crippen molar-refractivity contribution in [2.45, 2.75) is 26.6 Å². The van der Waals surface area contributed by atoms with Gasteiger partial charge in [-0.2, -0.15) is 13.2 Å². The van der Waals surface area contributed by atoms with Crippen LogP contribution in [-0.4, -0.2) is 9.97 Å². The molecule has 0 saturated carbocycles. The summed E-state index contributed by atoms with van der Waals surface area (Å²) < 4.78 is 37.9. The van der Waals surface area contributed by atoms with Gasteiger partial charge >= 0.3 is 6.18 Å². The van der Waals surface area contributed by atoms with Crippen molar-refractivity contribution in [2.24, 2.45) is 0 Å². The number of aromatic amines is 1. The molecule has 3 nitrogen and oxygen atoms in total. The molecule has 102 valence electrons. The molecule has 0 aliphatic carbocycles. The van der Waals surface area contributed by atoms with Crippen LogP contribution in [0.1, 0.15) is 22.6 Å². The smallest absolute Gasteiger partial charge is 0.379 e. The molecule has 0 atom stereocenters. The number of H-pyrrole nitrogens is 1. The third-order valence-corrected chi connectivity index (χ3v) is 2.79. The molecule has 2 aromatic rings. The number of aryl methyl sites for hydroxylation is 2. The molecule has 0 spiro atoms. The zero-order chi connectivity index (χ0) is 14.0. The average Bonchev–Trinajstić information content (AvgIpc) is 2.72. The van der Waals surface area contributed by atoms with Crippen LogP contribution in [-0.2, 0) is 12.7 Å². The molecule has 0 aliphatic heterocycles. The van der Waals surface area contributed by atoms with E-state index in [2.05, 4.69) is 15.3 Å². The van der Waals surface area contributed by atoms with Gasteiger partial charge in [0.15, 0.2) is 0 Å². The zero-order valence-electron chi connectivity index (χ0n) is 10.6. The molecule has 0 unspecified atom stereocenters. The average molecular weight is 269 g/mol. The van der Waals surface area contributed by atoms with Crippen LogP contribution in [0.15, 0.2) is 24.4 Å². The minimum Gasteiger partial charge on any atom is -0.379 e. The third-order valence-electron chi connectivity index (χ3n) is 2.79. The molecule has 6 heteroatoms. The highest BCUT2D eigenvalue weighted by Gasteiger charge is 2.30. The molecule has 2 N–H and O–H groups in total. The molecule has 19 heavy (non-hydrogen) atoms. The Morgan fingerprint density at radius 1 is 1.26 bits per heavy atom. The van der Waals surface area contributed by atoms with E-state index in [4.69, 9.17) is 0 Å². The number of anilines is 1. The molecule has 1 aromatic heterocycles. The summed E-state index contributed by atoms with van der Waals surface area (Å²) in [7, 11) is 0. The van der Waals surface area contributed by atoms with Crippen molar-refractivity contribution in [1.82, 2.24) is 9.97 Å². The van der Waals surface area contributed by atoms with Gasteiger partial charge in [-0.3, -0.25) is 0 Å². The fourth-order valence-electron chi connectivity index (χ4n) is 1.74. The van der Waals surface area contributed by atoms with Crippen LogP contribution in [0.5, 0.6) is 0 Å². The number of benzene rings is 1. The van der Waals surface area contributed by atoms with Crippen molar-refractivity contribution in [2.75, 3.05) is 5.32 Å². The lowest BCUT2D eigenvalue weighted by atomic mass is 10.1. The number of rotatable bonds is 3. The maximum Gasteiger partial charge on any atom is 0.416 e. The van der Waals surface area contributed by atoms with Gasteiger partial charge in [0.2, 0.25) is 0 Å². The zero-order valence-corrected chi connectivity index (χ0v) is 10.6. The number of halogens is 3. The fraction of sp³-hybridized carbons (Fsp3) is 0.308. The monoisotopic (exact) mass is 269 g/mol. The van der Waals surface area contributed by atoms with Gasteiger partial charge in [-0.1, -0.05) is 6.07 Å². The van der Waals surface area contributed by atoms with E-state index in [-0.39, 0.29) is 0 Å². The summed E-state index contributed by atoms with van der Waals surface area (Å²) in [5.74, 6) is 0.776. The largest absolute Gasteiger partial charge is 0.416 e. The minimum atomic E-state index is -4.32. The van der Waals surface area contributed by atoms with Crippen molar-refractivity contribution in [3.63, 3.8) is 0 Å². The van der Waals surface area contributed by atoms with Crippen LogP contribution in [0, 0.1) is 13.8 Å². The molecular weight excluding hydrogens is 255 g/mol. The first-order valence-electron chi connectivity index (χ1n) is 5.78. The van der Waals surface area contributed by atoms with Crippen molar-refractivity contribution < 1.29 is 13.2 Å². The molecular formula is C13H14F3N3. The lowest BCUT2D eigenvalue weighted by Crippen LogP contribution is -2.07. The number of alkyl halides is 3. The summed E-state index contributed by atoms with van der Waals surface area (Å²) in [6, 6.07) is 3.67. The molecule has 2 rings (SSSR count). The Kier molecular flexibility index (Phi) is 3.50. The van der Waals surface area contributed by atoms with Gasteiger partial charge in [0.1, 0.15) is 5.82 Å². The van der Waals surface area contributed by atoms with Crippen molar-refractivity contribution in [3.8, 4) is 0 Å². The lowest BCUT2D eigenvalue weighted by Gasteiger charge is -2.12.